The third-order valence-electron chi connectivity index (χ3n) is 5.36. The van der Waals surface area contributed by atoms with Crippen molar-refractivity contribution in [3.05, 3.63) is 29.8 Å². The SMILES string of the molecule is NCC1(C2(O)CCCCCC2)CCOc2ccccc21. The lowest BCUT2D eigenvalue weighted by Gasteiger charge is -2.49. The minimum absolute atomic E-state index is 0.341. The lowest BCUT2D eigenvalue weighted by molar-refractivity contribution is -0.0644. The van der Waals surface area contributed by atoms with E-state index in [1.165, 1.54) is 12.8 Å². The third-order valence-corrected chi connectivity index (χ3v) is 5.36. The Hall–Kier alpha value is -1.06. The fourth-order valence-electron chi connectivity index (χ4n) is 4.14. The summed E-state index contributed by atoms with van der Waals surface area (Å²) in [6.07, 6.45) is 7.18. The topological polar surface area (TPSA) is 55.5 Å². The van der Waals surface area contributed by atoms with Crippen molar-refractivity contribution in [2.75, 3.05) is 13.2 Å². The van der Waals surface area contributed by atoms with Gasteiger partial charge in [-0.1, -0.05) is 43.9 Å². The Kier molecular flexibility index (Phi) is 3.74. The number of rotatable bonds is 2. The van der Waals surface area contributed by atoms with Crippen molar-refractivity contribution in [1.29, 1.82) is 0 Å². The normalized spacial score (nSPS) is 29.1. The highest BCUT2D eigenvalue weighted by atomic mass is 16.5. The molecule has 1 saturated carbocycles. The van der Waals surface area contributed by atoms with E-state index in [2.05, 4.69) is 6.07 Å². The predicted molar refractivity (Wildman–Crippen MR) is 79.9 cm³/mol. The maximum Gasteiger partial charge on any atom is 0.123 e. The summed E-state index contributed by atoms with van der Waals surface area (Å²) in [4.78, 5) is 0. The molecule has 1 fully saturated rings. The van der Waals surface area contributed by atoms with Gasteiger partial charge >= 0.3 is 0 Å². The molecule has 0 amide bonds. The molecule has 1 aromatic carbocycles. The molecular weight excluding hydrogens is 250 g/mol. The molecule has 3 heteroatoms. The maximum atomic E-state index is 11.4. The Labute approximate surface area is 121 Å². The van der Waals surface area contributed by atoms with Crippen LogP contribution in [0.25, 0.3) is 0 Å². The van der Waals surface area contributed by atoms with E-state index in [9.17, 15) is 5.11 Å². The molecule has 1 atom stereocenters. The molecule has 0 saturated heterocycles. The lowest BCUT2D eigenvalue weighted by Crippen LogP contribution is -2.57. The maximum absolute atomic E-state index is 11.4. The Morgan fingerprint density at radius 3 is 2.45 bits per heavy atom. The molecular formula is C17H25NO2. The summed E-state index contributed by atoms with van der Waals surface area (Å²) in [5.41, 5.74) is 6.29. The molecule has 3 N–H and O–H groups in total. The lowest BCUT2D eigenvalue weighted by atomic mass is 9.61. The van der Waals surface area contributed by atoms with Crippen LogP contribution < -0.4 is 10.5 Å². The first kappa shape index (κ1) is 13.9. The zero-order chi connectivity index (χ0) is 14.1. The first-order valence-electron chi connectivity index (χ1n) is 7.87. The van der Waals surface area contributed by atoms with E-state index >= 15 is 0 Å². The highest BCUT2D eigenvalue weighted by Crippen LogP contribution is 2.50. The average molecular weight is 275 g/mol. The van der Waals surface area contributed by atoms with Crippen LogP contribution >= 0.6 is 0 Å². The van der Waals surface area contributed by atoms with Gasteiger partial charge in [-0.25, -0.2) is 0 Å². The Morgan fingerprint density at radius 1 is 1.05 bits per heavy atom. The van der Waals surface area contributed by atoms with Crippen molar-refractivity contribution in [2.45, 2.75) is 56.0 Å². The number of nitrogens with two attached hydrogens (primary N) is 1. The van der Waals surface area contributed by atoms with Crippen LogP contribution in [0.1, 0.15) is 50.5 Å². The average Bonchev–Trinajstić information content (AvgIpc) is 2.72. The van der Waals surface area contributed by atoms with Crippen molar-refractivity contribution in [1.82, 2.24) is 0 Å². The van der Waals surface area contributed by atoms with E-state index in [0.29, 0.717) is 13.2 Å². The third kappa shape index (κ3) is 2.04. The van der Waals surface area contributed by atoms with Gasteiger partial charge in [0.2, 0.25) is 0 Å². The van der Waals surface area contributed by atoms with Crippen LogP contribution in [0.15, 0.2) is 24.3 Å². The molecule has 0 spiro atoms. The second-order valence-corrected chi connectivity index (χ2v) is 6.33. The summed E-state index contributed by atoms with van der Waals surface area (Å²) in [6.45, 7) is 1.14. The van der Waals surface area contributed by atoms with E-state index in [4.69, 9.17) is 10.5 Å². The molecule has 3 rings (SSSR count). The van der Waals surface area contributed by atoms with Crippen LogP contribution in [-0.2, 0) is 5.41 Å². The van der Waals surface area contributed by atoms with Crippen LogP contribution in [0, 0.1) is 0 Å². The molecule has 2 aliphatic rings. The van der Waals surface area contributed by atoms with E-state index in [1.54, 1.807) is 0 Å². The van der Waals surface area contributed by atoms with Crippen LogP contribution in [0.5, 0.6) is 5.75 Å². The summed E-state index contributed by atoms with van der Waals surface area (Å²) in [7, 11) is 0. The molecule has 110 valence electrons. The van der Waals surface area contributed by atoms with Crippen LogP contribution in [0.4, 0.5) is 0 Å². The molecule has 0 bridgehead atoms. The van der Waals surface area contributed by atoms with Crippen LogP contribution in [0.2, 0.25) is 0 Å². The minimum Gasteiger partial charge on any atom is -0.493 e. The second kappa shape index (κ2) is 5.38. The zero-order valence-electron chi connectivity index (χ0n) is 12.1. The molecule has 1 aliphatic heterocycles. The fourth-order valence-corrected chi connectivity index (χ4v) is 4.14. The van der Waals surface area contributed by atoms with Gasteiger partial charge in [-0.15, -0.1) is 0 Å². The number of aliphatic hydroxyl groups is 1. The molecule has 1 aromatic rings. The highest BCUT2D eigenvalue weighted by molar-refractivity contribution is 5.44. The van der Waals surface area contributed by atoms with Crippen molar-refractivity contribution in [2.24, 2.45) is 5.73 Å². The molecule has 3 nitrogen and oxygen atoms in total. The summed E-state index contributed by atoms with van der Waals surface area (Å²) >= 11 is 0. The Morgan fingerprint density at radius 2 is 1.75 bits per heavy atom. The van der Waals surface area contributed by atoms with Crippen molar-refractivity contribution in [3.63, 3.8) is 0 Å². The summed E-state index contributed by atoms with van der Waals surface area (Å²) in [6, 6.07) is 8.10. The summed E-state index contributed by atoms with van der Waals surface area (Å²) in [5.74, 6) is 0.905. The smallest absolute Gasteiger partial charge is 0.123 e. The number of benzene rings is 1. The first-order valence-corrected chi connectivity index (χ1v) is 7.87. The van der Waals surface area contributed by atoms with E-state index in [-0.39, 0.29) is 5.41 Å². The number of ether oxygens (including phenoxy) is 1. The minimum atomic E-state index is -0.682. The fraction of sp³-hybridized carbons (Fsp3) is 0.647. The second-order valence-electron chi connectivity index (χ2n) is 6.33. The number of fused-ring (bicyclic) bond motifs is 1. The molecule has 1 aliphatic carbocycles. The molecule has 1 heterocycles. The number of hydrogen-bond donors (Lipinski definition) is 2. The quantitative estimate of drug-likeness (QED) is 0.816. The van der Waals surface area contributed by atoms with Crippen LogP contribution in [0.3, 0.4) is 0 Å². The molecule has 0 radical (unpaired) electrons. The monoisotopic (exact) mass is 275 g/mol. The molecule has 20 heavy (non-hydrogen) atoms. The van der Waals surface area contributed by atoms with Crippen molar-refractivity contribution >= 4 is 0 Å². The van der Waals surface area contributed by atoms with Gasteiger partial charge in [0.15, 0.2) is 0 Å². The van der Waals surface area contributed by atoms with Gasteiger partial charge in [0.05, 0.1) is 12.2 Å². The standard InChI is InChI=1S/C17H25NO2/c18-13-16(17(19)9-5-1-2-6-10-17)11-12-20-15-8-4-3-7-14(15)16/h3-4,7-8,19H,1-2,5-6,9-13,18H2. The van der Waals surface area contributed by atoms with E-state index in [1.807, 2.05) is 18.2 Å². The highest BCUT2D eigenvalue weighted by Gasteiger charge is 2.52. The van der Waals surface area contributed by atoms with Gasteiger partial charge in [-0.2, -0.15) is 0 Å². The Bertz CT molecular complexity index is 466. The zero-order valence-corrected chi connectivity index (χ0v) is 12.1. The van der Waals surface area contributed by atoms with Crippen LogP contribution in [-0.4, -0.2) is 23.9 Å². The molecule has 1 unspecified atom stereocenters. The van der Waals surface area contributed by atoms with E-state index < -0.39 is 5.60 Å². The predicted octanol–water partition coefficient (Wildman–Crippen LogP) is 2.75. The van der Waals surface area contributed by atoms with Gasteiger partial charge in [-0.3, -0.25) is 0 Å². The molecule has 0 aromatic heterocycles. The van der Waals surface area contributed by atoms with Crippen molar-refractivity contribution < 1.29 is 9.84 Å². The summed E-state index contributed by atoms with van der Waals surface area (Å²) < 4.78 is 5.78. The number of hydrogen-bond acceptors (Lipinski definition) is 3. The Balaban J connectivity index is 2.07. The van der Waals surface area contributed by atoms with Gasteiger partial charge < -0.3 is 15.6 Å². The van der Waals surface area contributed by atoms with E-state index in [0.717, 1.165) is 43.4 Å². The van der Waals surface area contributed by atoms with Gasteiger partial charge in [-0.05, 0) is 25.3 Å². The summed E-state index contributed by atoms with van der Waals surface area (Å²) in [5, 5.41) is 11.4. The largest absolute Gasteiger partial charge is 0.493 e. The number of para-hydroxylation sites is 1. The van der Waals surface area contributed by atoms with Crippen molar-refractivity contribution in [3.8, 4) is 5.75 Å². The van der Waals surface area contributed by atoms with Gasteiger partial charge in [0.25, 0.3) is 0 Å². The van der Waals surface area contributed by atoms with Gasteiger partial charge in [0.1, 0.15) is 5.75 Å². The first-order chi connectivity index (χ1) is 9.72. The van der Waals surface area contributed by atoms with Gasteiger partial charge in [0, 0.05) is 17.5 Å².